The smallest absolute Gasteiger partial charge is 0.150 e. The number of benzene rings is 2. The van der Waals surface area contributed by atoms with E-state index in [1.165, 1.54) is 12.1 Å². The summed E-state index contributed by atoms with van der Waals surface area (Å²) in [7, 11) is 0. The Hall–Kier alpha value is -1.94. The first-order valence-corrected chi connectivity index (χ1v) is 7.06. The molecule has 0 aromatic heterocycles. The van der Waals surface area contributed by atoms with E-state index in [4.69, 9.17) is 5.11 Å². The molecule has 0 bridgehead atoms. The van der Waals surface area contributed by atoms with Gasteiger partial charge in [0.2, 0.25) is 0 Å². The molecule has 1 aliphatic heterocycles. The van der Waals surface area contributed by atoms with E-state index < -0.39 is 11.6 Å². The molecule has 4 heteroatoms. The van der Waals surface area contributed by atoms with Gasteiger partial charge in [0.25, 0.3) is 0 Å². The van der Waals surface area contributed by atoms with Gasteiger partial charge in [-0.2, -0.15) is 0 Å². The molecule has 0 saturated heterocycles. The van der Waals surface area contributed by atoms with Crippen LogP contribution in [0.2, 0.25) is 0 Å². The molecule has 0 amide bonds. The molecular weight excluding hydrogens is 272 g/mol. The number of aliphatic hydroxyl groups excluding tert-OH is 1. The van der Waals surface area contributed by atoms with E-state index in [9.17, 15) is 8.78 Å². The van der Waals surface area contributed by atoms with Crippen LogP contribution in [-0.4, -0.2) is 11.7 Å². The van der Waals surface area contributed by atoms with Crippen LogP contribution >= 0.6 is 0 Å². The maximum atomic E-state index is 14.3. The van der Waals surface area contributed by atoms with Gasteiger partial charge < -0.3 is 10.0 Å². The highest BCUT2D eigenvalue weighted by Gasteiger charge is 2.24. The van der Waals surface area contributed by atoms with E-state index in [2.05, 4.69) is 6.07 Å². The third kappa shape index (κ3) is 2.51. The van der Waals surface area contributed by atoms with E-state index in [-0.39, 0.29) is 17.9 Å². The quantitative estimate of drug-likeness (QED) is 0.907. The average molecular weight is 289 g/mol. The summed E-state index contributed by atoms with van der Waals surface area (Å²) < 4.78 is 28.5. The zero-order chi connectivity index (χ0) is 15.0. The monoisotopic (exact) mass is 289 g/mol. The Labute approximate surface area is 122 Å². The molecule has 2 aromatic carbocycles. The fourth-order valence-corrected chi connectivity index (χ4v) is 2.93. The summed E-state index contributed by atoms with van der Waals surface area (Å²) in [4.78, 5) is 1.70. The largest absolute Gasteiger partial charge is 0.392 e. The van der Waals surface area contributed by atoms with Crippen molar-refractivity contribution in [2.45, 2.75) is 26.4 Å². The van der Waals surface area contributed by atoms with Gasteiger partial charge in [-0.3, -0.25) is 0 Å². The zero-order valence-electron chi connectivity index (χ0n) is 11.9. The third-order valence-corrected chi connectivity index (χ3v) is 3.88. The Morgan fingerprint density at radius 2 is 1.86 bits per heavy atom. The van der Waals surface area contributed by atoms with Crippen LogP contribution in [0, 0.1) is 18.6 Å². The van der Waals surface area contributed by atoms with Crippen LogP contribution in [0.4, 0.5) is 20.2 Å². The molecule has 1 N–H and O–H groups in total. The summed E-state index contributed by atoms with van der Waals surface area (Å²) in [5.74, 6) is -1.26. The molecule has 0 saturated carbocycles. The van der Waals surface area contributed by atoms with Crippen LogP contribution in [0.3, 0.4) is 0 Å². The fraction of sp³-hybridized carbons (Fsp3) is 0.294. The van der Waals surface area contributed by atoms with Gasteiger partial charge in [0.15, 0.2) is 0 Å². The predicted molar refractivity (Wildman–Crippen MR) is 78.8 cm³/mol. The normalized spacial score (nSPS) is 14.2. The second-order valence-corrected chi connectivity index (χ2v) is 5.45. The van der Waals surface area contributed by atoms with Crippen molar-refractivity contribution in [3.63, 3.8) is 0 Å². The molecular formula is C17H17F2NO. The standard InChI is InChI=1S/C17H17F2NO/c1-11-4-5-16-13(7-11)3-2-6-20(16)17-14(18)8-12(10-21)9-15(17)19/h4-5,7-9,21H,2-3,6,10H2,1H3. The highest BCUT2D eigenvalue weighted by atomic mass is 19.1. The van der Waals surface area contributed by atoms with Crippen molar-refractivity contribution in [1.29, 1.82) is 0 Å². The molecule has 110 valence electrons. The lowest BCUT2D eigenvalue weighted by Crippen LogP contribution is -2.26. The van der Waals surface area contributed by atoms with E-state index in [0.29, 0.717) is 6.54 Å². The van der Waals surface area contributed by atoms with Gasteiger partial charge in [-0.1, -0.05) is 17.7 Å². The molecule has 3 rings (SSSR count). The highest BCUT2D eigenvalue weighted by molar-refractivity contribution is 5.69. The minimum Gasteiger partial charge on any atom is -0.392 e. The molecule has 21 heavy (non-hydrogen) atoms. The minimum atomic E-state index is -0.632. The average Bonchev–Trinajstić information content (AvgIpc) is 2.46. The van der Waals surface area contributed by atoms with Crippen molar-refractivity contribution in [1.82, 2.24) is 0 Å². The van der Waals surface area contributed by atoms with Crippen LogP contribution in [0.15, 0.2) is 30.3 Å². The number of hydrogen-bond donors (Lipinski definition) is 1. The molecule has 0 unspecified atom stereocenters. The van der Waals surface area contributed by atoms with Gasteiger partial charge in [-0.05, 0) is 49.1 Å². The lowest BCUT2D eigenvalue weighted by atomic mass is 9.98. The number of fused-ring (bicyclic) bond motifs is 1. The van der Waals surface area contributed by atoms with Crippen LogP contribution in [0.25, 0.3) is 0 Å². The zero-order valence-corrected chi connectivity index (χ0v) is 11.9. The highest BCUT2D eigenvalue weighted by Crippen LogP contribution is 2.37. The molecule has 0 fully saturated rings. The summed E-state index contributed by atoms with van der Waals surface area (Å²) in [5, 5.41) is 9.03. The summed E-state index contributed by atoms with van der Waals surface area (Å²) >= 11 is 0. The van der Waals surface area contributed by atoms with Crippen molar-refractivity contribution in [2.75, 3.05) is 11.4 Å². The molecule has 1 aliphatic rings. The predicted octanol–water partition coefficient (Wildman–Crippen LogP) is 3.85. The second kappa shape index (κ2) is 5.45. The van der Waals surface area contributed by atoms with Crippen molar-refractivity contribution in [3.8, 4) is 0 Å². The lowest BCUT2D eigenvalue weighted by molar-refractivity contribution is 0.280. The van der Waals surface area contributed by atoms with E-state index in [1.807, 2.05) is 19.1 Å². The Kier molecular flexibility index (Phi) is 3.64. The number of halogens is 2. The van der Waals surface area contributed by atoms with Gasteiger partial charge in [0.1, 0.15) is 17.3 Å². The molecule has 0 atom stereocenters. The van der Waals surface area contributed by atoms with E-state index >= 15 is 0 Å². The SMILES string of the molecule is Cc1ccc2c(c1)CCCN2c1c(F)cc(CO)cc1F. The van der Waals surface area contributed by atoms with Gasteiger partial charge in [-0.15, -0.1) is 0 Å². The first kappa shape index (κ1) is 14.0. The number of nitrogens with zero attached hydrogens (tertiary/aromatic N) is 1. The van der Waals surface area contributed by atoms with Crippen molar-refractivity contribution in [3.05, 3.63) is 58.7 Å². The topological polar surface area (TPSA) is 23.5 Å². The van der Waals surface area contributed by atoms with E-state index in [1.54, 1.807) is 4.90 Å². The third-order valence-electron chi connectivity index (χ3n) is 3.88. The second-order valence-electron chi connectivity index (χ2n) is 5.45. The number of aryl methyl sites for hydroxylation is 2. The number of anilines is 2. The summed E-state index contributed by atoms with van der Waals surface area (Å²) in [6.45, 7) is 2.22. The Morgan fingerprint density at radius 3 is 2.52 bits per heavy atom. The van der Waals surface area contributed by atoms with Crippen molar-refractivity contribution >= 4 is 11.4 Å². The summed E-state index contributed by atoms with van der Waals surface area (Å²) in [6, 6.07) is 8.33. The number of aliphatic hydroxyl groups is 1. The molecule has 0 radical (unpaired) electrons. The van der Waals surface area contributed by atoms with Gasteiger partial charge in [-0.25, -0.2) is 8.78 Å². The van der Waals surface area contributed by atoms with Gasteiger partial charge >= 0.3 is 0 Å². The lowest BCUT2D eigenvalue weighted by Gasteiger charge is -2.32. The minimum absolute atomic E-state index is 0.0306. The van der Waals surface area contributed by atoms with Gasteiger partial charge in [0.05, 0.1) is 6.61 Å². The molecule has 2 aromatic rings. The fourth-order valence-electron chi connectivity index (χ4n) is 2.93. The van der Waals surface area contributed by atoms with Crippen LogP contribution in [0.5, 0.6) is 0 Å². The molecule has 0 aliphatic carbocycles. The summed E-state index contributed by atoms with van der Waals surface area (Å²) in [6.07, 6.45) is 1.78. The number of hydrogen-bond acceptors (Lipinski definition) is 2. The van der Waals surface area contributed by atoms with Crippen molar-refractivity contribution in [2.24, 2.45) is 0 Å². The Morgan fingerprint density at radius 1 is 1.14 bits per heavy atom. The molecule has 1 heterocycles. The maximum Gasteiger partial charge on any atom is 0.150 e. The van der Waals surface area contributed by atoms with Crippen LogP contribution in [-0.2, 0) is 13.0 Å². The maximum absolute atomic E-state index is 14.3. The van der Waals surface area contributed by atoms with E-state index in [0.717, 1.165) is 29.7 Å². The van der Waals surface area contributed by atoms with Crippen molar-refractivity contribution < 1.29 is 13.9 Å². The number of rotatable bonds is 2. The Bertz CT molecular complexity index is 661. The first-order chi connectivity index (χ1) is 10.1. The van der Waals surface area contributed by atoms with Crippen LogP contribution < -0.4 is 4.90 Å². The molecule has 0 spiro atoms. The summed E-state index contributed by atoms with van der Waals surface area (Å²) in [5.41, 5.74) is 3.34. The first-order valence-electron chi connectivity index (χ1n) is 7.06. The van der Waals surface area contributed by atoms with Crippen LogP contribution in [0.1, 0.15) is 23.1 Å². The Balaban J connectivity index is 2.11. The van der Waals surface area contributed by atoms with Gasteiger partial charge in [0, 0.05) is 12.2 Å². The molecule has 2 nitrogen and oxygen atoms in total.